The van der Waals surface area contributed by atoms with Crippen LogP contribution in [0.25, 0.3) is 0 Å². The fraction of sp³-hybridized carbons (Fsp3) is 0.750. The number of nitrogens with two attached hydrogens (primary N) is 1. The molecule has 0 saturated carbocycles. The smallest absolute Gasteiger partial charge is 0.327 e. The number of nitrogens with one attached hydrogen (secondary N) is 2. The number of hydrogen-bond donors (Lipinski definition) is 5. The van der Waals surface area contributed by atoms with Crippen LogP contribution in [0.1, 0.15) is 27.2 Å². The van der Waals surface area contributed by atoms with Gasteiger partial charge in [0.2, 0.25) is 11.8 Å². The van der Waals surface area contributed by atoms with Crippen LogP contribution in [0.5, 0.6) is 0 Å². The van der Waals surface area contributed by atoms with Crippen LogP contribution in [0.3, 0.4) is 0 Å². The molecule has 7 nitrogen and oxygen atoms in total. The Morgan fingerprint density at radius 3 is 1.95 bits per heavy atom. The molecule has 0 rings (SSSR count). The lowest BCUT2D eigenvalue weighted by Gasteiger charge is -2.22. The van der Waals surface area contributed by atoms with Crippen molar-refractivity contribution in [2.45, 2.75) is 45.3 Å². The Bertz CT molecular complexity index is 361. The number of carbonyl (C=O) groups excluding carboxylic acids is 2. The van der Waals surface area contributed by atoms with Crippen LogP contribution in [-0.4, -0.2) is 46.8 Å². The van der Waals surface area contributed by atoms with Crippen LogP contribution in [0.4, 0.5) is 0 Å². The van der Waals surface area contributed by atoms with Gasteiger partial charge >= 0.3 is 5.97 Å². The second-order valence-electron chi connectivity index (χ2n) is 5.06. The number of amides is 2. The summed E-state index contributed by atoms with van der Waals surface area (Å²) in [6, 6.07) is -2.64. The van der Waals surface area contributed by atoms with Crippen molar-refractivity contribution in [1.82, 2.24) is 10.6 Å². The Kier molecular flexibility index (Phi) is 8.24. The Balaban J connectivity index is 4.80. The van der Waals surface area contributed by atoms with Crippen molar-refractivity contribution in [3.63, 3.8) is 0 Å². The lowest BCUT2D eigenvalue weighted by atomic mass is 10.0. The summed E-state index contributed by atoms with van der Waals surface area (Å²) in [5.74, 6) is -2.05. The average molecular weight is 305 g/mol. The predicted octanol–water partition coefficient (Wildman–Crippen LogP) is -0.636. The summed E-state index contributed by atoms with van der Waals surface area (Å²) in [4.78, 5) is 34.5. The molecular formula is C12H23N3O4S. The molecule has 2 amide bonds. The molecule has 0 bridgehead atoms. The minimum atomic E-state index is -1.17. The second-order valence-corrected chi connectivity index (χ2v) is 5.43. The number of rotatable bonds is 8. The minimum absolute atomic E-state index is 0.0310. The fourth-order valence-corrected chi connectivity index (χ4v) is 1.71. The van der Waals surface area contributed by atoms with E-state index in [0.717, 1.165) is 0 Å². The van der Waals surface area contributed by atoms with Crippen molar-refractivity contribution in [3.05, 3.63) is 0 Å². The van der Waals surface area contributed by atoms with E-state index in [9.17, 15) is 14.4 Å². The van der Waals surface area contributed by atoms with Gasteiger partial charge in [-0.25, -0.2) is 4.79 Å². The molecule has 0 aromatic heterocycles. The topological polar surface area (TPSA) is 122 Å². The van der Waals surface area contributed by atoms with Crippen LogP contribution >= 0.6 is 12.6 Å². The van der Waals surface area contributed by atoms with Gasteiger partial charge in [-0.2, -0.15) is 12.6 Å². The van der Waals surface area contributed by atoms with Crippen LogP contribution < -0.4 is 16.4 Å². The first kappa shape index (κ1) is 18.7. The summed E-state index contributed by atoms with van der Waals surface area (Å²) in [5, 5.41) is 13.8. The van der Waals surface area contributed by atoms with Gasteiger partial charge in [0.15, 0.2) is 0 Å². The van der Waals surface area contributed by atoms with E-state index in [1.807, 2.05) is 13.8 Å². The summed E-state index contributed by atoms with van der Waals surface area (Å²) >= 11 is 3.87. The van der Waals surface area contributed by atoms with E-state index < -0.39 is 35.9 Å². The highest BCUT2D eigenvalue weighted by molar-refractivity contribution is 7.80. The Hall–Kier alpha value is -1.28. The maximum absolute atomic E-state index is 12.0. The third-order valence-electron chi connectivity index (χ3n) is 2.55. The van der Waals surface area contributed by atoms with Gasteiger partial charge in [0.25, 0.3) is 0 Å². The predicted molar refractivity (Wildman–Crippen MR) is 78.5 cm³/mol. The molecule has 116 valence electrons. The Morgan fingerprint density at radius 1 is 1.10 bits per heavy atom. The molecule has 0 heterocycles. The van der Waals surface area contributed by atoms with Crippen molar-refractivity contribution in [1.29, 1.82) is 0 Å². The molecule has 0 aliphatic heterocycles. The largest absolute Gasteiger partial charge is 0.480 e. The lowest BCUT2D eigenvalue weighted by molar-refractivity contribution is -0.141. The molecule has 0 aliphatic carbocycles. The van der Waals surface area contributed by atoms with Gasteiger partial charge in [-0.3, -0.25) is 9.59 Å². The van der Waals surface area contributed by atoms with Gasteiger partial charge in [0.05, 0.1) is 6.04 Å². The average Bonchev–Trinajstić information content (AvgIpc) is 2.33. The summed E-state index contributed by atoms with van der Waals surface area (Å²) in [6.45, 7) is 5.30. The van der Waals surface area contributed by atoms with E-state index in [1.54, 1.807) is 0 Å². The van der Waals surface area contributed by atoms with Gasteiger partial charge in [0.1, 0.15) is 12.1 Å². The zero-order valence-electron chi connectivity index (χ0n) is 11.9. The van der Waals surface area contributed by atoms with Crippen molar-refractivity contribution >= 4 is 30.4 Å². The summed E-state index contributed by atoms with van der Waals surface area (Å²) in [6.07, 6.45) is 0.392. The van der Waals surface area contributed by atoms with Crippen molar-refractivity contribution in [3.8, 4) is 0 Å². The molecule has 0 aromatic rings. The maximum atomic E-state index is 12.0. The monoisotopic (exact) mass is 305 g/mol. The molecule has 3 atom stereocenters. The maximum Gasteiger partial charge on any atom is 0.327 e. The van der Waals surface area contributed by atoms with E-state index in [1.165, 1.54) is 6.92 Å². The quantitative estimate of drug-likeness (QED) is 0.382. The zero-order chi connectivity index (χ0) is 15.9. The molecule has 3 unspecified atom stereocenters. The molecule has 8 heteroatoms. The van der Waals surface area contributed by atoms with E-state index in [2.05, 4.69) is 23.3 Å². The highest BCUT2D eigenvalue weighted by Crippen LogP contribution is 2.06. The Labute approximate surface area is 124 Å². The molecule has 0 fully saturated rings. The van der Waals surface area contributed by atoms with E-state index in [0.29, 0.717) is 6.42 Å². The number of carbonyl (C=O) groups is 3. The van der Waals surface area contributed by atoms with Crippen molar-refractivity contribution < 1.29 is 19.5 Å². The molecular weight excluding hydrogens is 282 g/mol. The number of thiol groups is 1. The number of aliphatic carboxylic acids is 1. The van der Waals surface area contributed by atoms with Gasteiger partial charge in [0, 0.05) is 5.75 Å². The SMILES string of the molecule is CC(C)CC(NC(=O)C(C)N)C(=O)NC(CS)C(=O)O. The van der Waals surface area contributed by atoms with E-state index in [4.69, 9.17) is 10.8 Å². The van der Waals surface area contributed by atoms with Crippen LogP contribution in [0, 0.1) is 5.92 Å². The molecule has 20 heavy (non-hydrogen) atoms. The molecule has 5 N–H and O–H groups in total. The van der Waals surface area contributed by atoms with Crippen LogP contribution in [0.15, 0.2) is 0 Å². The number of hydrogen-bond acceptors (Lipinski definition) is 5. The van der Waals surface area contributed by atoms with E-state index >= 15 is 0 Å². The summed E-state index contributed by atoms with van der Waals surface area (Å²) in [5.41, 5.74) is 5.44. The third-order valence-corrected chi connectivity index (χ3v) is 2.92. The molecule has 0 spiro atoms. The first-order valence-corrected chi connectivity index (χ1v) is 7.02. The molecule has 0 aliphatic rings. The molecule has 0 radical (unpaired) electrons. The summed E-state index contributed by atoms with van der Waals surface area (Å²) < 4.78 is 0. The van der Waals surface area contributed by atoms with Gasteiger partial charge in [-0.1, -0.05) is 13.8 Å². The lowest BCUT2D eigenvalue weighted by Crippen LogP contribution is -2.54. The van der Waals surface area contributed by atoms with Gasteiger partial charge < -0.3 is 21.5 Å². The van der Waals surface area contributed by atoms with Crippen LogP contribution in [-0.2, 0) is 14.4 Å². The highest BCUT2D eigenvalue weighted by Gasteiger charge is 2.27. The van der Waals surface area contributed by atoms with E-state index in [-0.39, 0.29) is 11.7 Å². The zero-order valence-corrected chi connectivity index (χ0v) is 12.8. The fourth-order valence-electron chi connectivity index (χ4n) is 1.46. The van der Waals surface area contributed by atoms with Crippen molar-refractivity contribution in [2.24, 2.45) is 11.7 Å². The molecule has 0 aromatic carbocycles. The minimum Gasteiger partial charge on any atom is -0.480 e. The highest BCUT2D eigenvalue weighted by atomic mass is 32.1. The Morgan fingerprint density at radius 2 is 1.60 bits per heavy atom. The van der Waals surface area contributed by atoms with Gasteiger partial charge in [-0.05, 0) is 19.3 Å². The summed E-state index contributed by atoms with van der Waals surface area (Å²) in [7, 11) is 0. The van der Waals surface area contributed by atoms with Gasteiger partial charge in [-0.15, -0.1) is 0 Å². The number of carboxylic acids is 1. The normalized spacial score (nSPS) is 15.3. The standard InChI is InChI=1S/C12H23N3O4S/c1-6(2)4-8(14-10(16)7(3)13)11(17)15-9(5-20)12(18)19/h6-9,20H,4-5,13H2,1-3H3,(H,14,16)(H,15,17)(H,18,19). The first-order valence-electron chi connectivity index (χ1n) is 6.39. The van der Waals surface area contributed by atoms with Crippen LogP contribution in [0.2, 0.25) is 0 Å². The first-order chi connectivity index (χ1) is 9.18. The van der Waals surface area contributed by atoms with Crippen molar-refractivity contribution in [2.75, 3.05) is 5.75 Å². The number of carboxylic acid groups (broad SMARTS) is 1. The second kappa shape index (κ2) is 8.80. The third kappa shape index (κ3) is 6.76. The molecule has 0 saturated heterocycles.